The van der Waals surface area contributed by atoms with Gasteiger partial charge in [-0.15, -0.1) is 0 Å². The molecule has 1 aliphatic rings. The first-order valence-corrected chi connectivity index (χ1v) is 8.03. The fourth-order valence-electron chi connectivity index (χ4n) is 2.07. The van der Waals surface area contributed by atoms with E-state index in [2.05, 4.69) is 4.98 Å². The Hall–Kier alpha value is -1.51. The predicted octanol–water partition coefficient (Wildman–Crippen LogP) is 0.0421. The van der Waals surface area contributed by atoms with Gasteiger partial charge in [0.25, 0.3) is 5.56 Å². The maximum Gasteiger partial charge on any atom is 0.353 e. The first-order chi connectivity index (χ1) is 10.4. The minimum Gasteiger partial charge on any atom is -0.388 e. The van der Waals surface area contributed by atoms with Gasteiger partial charge in [0.2, 0.25) is 0 Å². The number of rotatable bonds is 5. The molecule has 0 bridgehead atoms. The second-order valence-electron chi connectivity index (χ2n) is 4.64. The van der Waals surface area contributed by atoms with E-state index in [1.807, 2.05) is 0 Å². The highest BCUT2D eigenvalue weighted by atomic mass is 31.2. The molecule has 1 saturated heterocycles. The van der Waals surface area contributed by atoms with Gasteiger partial charge < -0.3 is 18.9 Å². The van der Waals surface area contributed by atoms with Crippen LogP contribution in [0.2, 0.25) is 0 Å². The summed E-state index contributed by atoms with van der Waals surface area (Å²) in [5.41, 5.74) is -1.22. The second-order valence-corrected chi connectivity index (χ2v) is 6.75. The highest BCUT2D eigenvalue weighted by Gasteiger charge is 2.36. The van der Waals surface area contributed by atoms with Gasteiger partial charge >= 0.3 is 13.3 Å². The molecule has 2 rings (SSSR count). The summed E-state index contributed by atoms with van der Waals surface area (Å²) in [4.78, 5) is 24.8. The minimum absolute atomic E-state index is 0.112. The molecule has 2 N–H and O–H groups in total. The smallest absolute Gasteiger partial charge is 0.353 e. The van der Waals surface area contributed by atoms with Crippen molar-refractivity contribution in [3.8, 4) is 0 Å². The Morgan fingerprint density at radius 2 is 2.14 bits per heavy atom. The lowest BCUT2D eigenvalue weighted by Crippen LogP contribution is -2.35. The normalized spacial score (nSPS) is 25.9. The van der Waals surface area contributed by atoms with Crippen molar-refractivity contribution in [2.45, 2.75) is 12.3 Å². The van der Waals surface area contributed by atoms with Crippen LogP contribution in [0, 0.1) is 5.92 Å². The van der Waals surface area contributed by atoms with Crippen molar-refractivity contribution in [3.63, 3.8) is 0 Å². The van der Waals surface area contributed by atoms with Crippen molar-refractivity contribution in [2.75, 3.05) is 20.8 Å². The number of aliphatic hydroxyl groups excluding tert-OH is 1. The molecule has 0 spiro atoms. The van der Waals surface area contributed by atoms with E-state index in [9.17, 15) is 19.3 Å². The third-order valence-corrected chi connectivity index (χ3v) is 4.90. The standard InChI is InChI=1S/C12H17N2O7P/c1-19-22(18,20-2)6-4-8-7-21-11(10(8)16)14-5-3-9(15)13-12(14)17/h3-6,8,10-11,16H,7H2,1-2H3,(H,13,15,17)/b6-4+/t8-,10+,11+/m0/s1. The zero-order valence-electron chi connectivity index (χ0n) is 12.0. The monoisotopic (exact) mass is 332 g/mol. The predicted molar refractivity (Wildman–Crippen MR) is 76.6 cm³/mol. The Bertz CT molecular complexity index is 702. The number of hydrogen-bond donors (Lipinski definition) is 2. The van der Waals surface area contributed by atoms with Crippen molar-refractivity contribution in [3.05, 3.63) is 45.0 Å². The van der Waals surface area contributed by atoms with Gasteiger partial charge in [-0.2, -0.15) is 0 Å². The van der Waals surface area contributed by atoms with Gasteiger partial charge in [0, 0.05) is 38.2 Å². The number of nitrogens with one attached hydrogen (secondary N) is 1. The molecule has 10 heteroatoms. The summed E-state index contributed by atoms with van der Waals surface area (Å²) in [6.07, 6.45) is 0.719. The van der Waals surface area contributed by atoms with Crippen molar-refractivity contribution in [1.29, 1.82) is 0 Å². The molecule has 0 radical (unpaired) electrons. The summed E-state index contributed by atoms with van der Waals surface area (Å²) < 4.78 is 27.9. The molecule has 1 aromatic heterocycles. The summed E-state index contributed by atoms with van der Waals surface area (Å²) in [6, 6.07) is 1.16. The van der Waals surface area contributed by atoms with Gasteiger partial charge in [0.05, 0.1) is 6.61 Å². The number of H-pyrrole nitrogens is 1. The maximum absolute atomic E-state index is 11.9. The van der Waals surface area contributed by atoms with E-state index in [0.29, 0.717) is 0 Å². The topological polar surface area (TPSA) is 120 Å². The molecule has 1 fully saturated rings. The number of aromatic amines is 1. The molecule has 22 heavy (non-hydrogen) atoms. The Labute approximate surface area is 125 Å². The number of aliphatic hydroxyl groups is 1. The van der Waals surface area contributed by atoms with E-state index in [1.54, 1.807) is 0 Å². The molecule has 0 unspecified atom stereocenters. The van der Waals surface area contributed by atoms with Crippen LogP contribution in [0.3, 0.4) is 0 Å². The van der Waals surface area contributed by atoms with Crippen molar-refractivity contribution in [2.24, 2.45) is 5.92 Å². The molecule has 0 saturated carbocycles. The maximum atomic E-state index is 11.9. The SMILES string of the molecule is COP(=O)(/C=C/[C@H]1CO[C@@H](n2ccc(=O)[nH]c2=O)[C@@H]1O)OC. The van der Waals surface area contributed by atoms with Gasteiger partial charge in [-0.3, -0.25) is 18.9 Å². The molecular weight excluding hydrogens is 315 g/mol. The molecule has 3 atom stereocenters. The van der Waals surface area contributed by atoms with Crippen molar-refractivity contribution in [1.82, 2.24) is 9.55 Å². The molecule has 0 aromatic carbocycles. The van der Waals surface area contributed by atoms with E-state index < -0.39 is 37.1 Å². The number of hydrogen-bond acceptors (Lipinski definition) is 7. The molecule has 1 aliphatic heterocycles. The van der Waals surface area contributed by atoms with E-state index in [1.165, 1.54) is 32.3 Å². The number of ether oxygens (including phenoxy) is 1. The molecule has 0 aliphatic carbocycles. The Morgan fingerprint density at radius 3 is 2.73 bits per heavy atom. The fourth-order valence-corrected chi connectivity index (χ4v) is 2.90. The third kappa shape index (κ3) is 3.45. The van der Waals surface area contributed by atoms with Gasteiger partial charge in [-0.05, 0) is 0 Å². The van der Waals surface area contributed by atoms with Crippen LogP contribution >= 0.6 is 7.60 Å². The van der Waals surface area contributed by atoms with Crippen LogP contribution in [0.1, 0.15) is 6.23 Å². The lowest BCUT2D eigenvalue weighted by Gasteiger charge is -2.17. The first kappa shape index (κ1) is 16.9. The largest absolute Gasteiger partial charge is 0.388 e. The lowest BCUT2D eigenvalue weighted by molar-refractivity contribution is -0.0134. The summed E-state index contributed by atoms with van der Waals surface area (Å²) in [5, 5.41) is 10.2. The van der Waals surface area contributed by atoms with Crippen molar-refractivity contribution < 1.29 is 23.5 Å². The summed E-state index contributed by atoms with van der Waals surface area (Å²) >= 11 is 0. The first-order valence-electron chi connectivity index (χ1n) is 6.42. The average Bonchev–Trinajstić information content (AvgIpc) is 2.86. The Morgan fingerprint density at radius 1 is 1.45 bits per heavy atom. The van der Waals surface area contributed by atoms with Gasteiger partial charge in [0.15, 0.2) is 6.23 Å². The zero-order chi connectivity index (χ0) is 16.3. The van der Waals surface area contributed by atoms with Gasteiger partial charge in [-0.1, -0.05) is 6.08 Å². The quantitative estimate of drug-likeness (QED) is 0.731. The van der Waals surface area contributed by atoms with Crippen LogP contribution in [0.4, 0.5) is 0 Å². The molecule has 9 nitrogen and oxygen atoms in total. The van der Waals surface area contributed by atoms with Crippen LogP contribution in [-0.2, 0) is 18.3 Å². The molecule has 122 valence electrons. The van der Waals surface area contributed by atoms with Crippen molar-refractivity contribution >= 4 is 7.60 Å². The van der Waals surface area contributed by atoms with E-state index >= 15 is 0 Å². The number of nitrogens with zero attached hydrogens (tertiary/aromatic N) is 1. The van der Waals surface area contributed by atoms with E-state index in [4.69, 9.17) is 13.8 Å². The minimum atomic E-state index is -3.33. The highest BCUT2D eigenvalue weighted by molar-refractivity contribution is 7.57. The molecule has 2 heterocycles. The van der Waals surface area contributed by atoms with E-state index in [0.717, 1.165) is 10.6 Å². The van der Waals surface area contributed by atoms with Crippen LogP contribution in [0.5, 0.6) is 0 Å². The Balaban J connectivity index is 2.18. The van der Waals surface area contributed by atoms with Crippen LogP contribution < -0.4 is 11.2 Å². The lowest BCUT2D eigenvalue weighted by atomic mass is 10.1. The average molecular weight is 332 g/mol. The highest BCUT2D eigenvalue weighted by Crippen LogP contribution is 2.48. The fraction of sp³-hybridized carbons (Fsp3) is 0.500. The molecular formula is C12H17N2O7P. The van der Waals surface area contributed by atoms with Crippen LogP contribution in [-0.4, -0.2) is 41.6 Å². The van der Waals surface area contributed by atoms with Gasteiger partial charge in [0.1, 0.15) is 6.10 Å². The second kappa shape index (κ2) is 6.72. The summed E-state index contributed by atoms with van der Waals surface area (Å²) in [6.45, 7) is 0.112. The Kier molecular flexibility index (Phi) is 5.15. The van der Waals surface area contributed by atoms with Gasteiger partial charge in [-0.25, -0.2) is 4.79 Å². The van der Waals surface area contributed by atoms with Crippen LogP contribution in [0.25, 0.3) is 0 Å². The van der Waals surface area contributed by atoms with E-state index in [-0.39, 0.29) is 6.61 Å². The number of aromatic nitrogens is 2. The zero-order valence-corrected chi connectivity index (χ0v) is 12.9. The summed E-state index contributed by atoms with van der Waals surface area (Å²) in [7, 11) is -0.833. The van der Waals surface area contributed by atoms with Crippen LogP contribution in [0.15, 0.2) is 33.7 Å². The molecule has 0 amide bonds. The summed E-state index contributed by atoms with van der Waals surface area (Å²) in [5.74, 6) is 0.741. The molecule has 1 aromatic rings. The third-order valence-electron chi connectivity index (χ3n) is 3.34.